The number of piperidine rings is 1. The highest BCUT2D eigenvalue weighted by Crippen LogP contribution is 2.32. The maximum atomic E-state index is 10.3. The third kappa shape index (κ3) is 3.26. The minimum absolute atomic E-state index is 0.192. The smallest absolute Gasteiger partial charge is 0.122 e. The quantitative estimate of drug-likeness (QED) is 0.858. The van der Waals surface area contributed by atoms with Gasteiger partial charge in [-0.3, -0.25) is 0 Å². The van der Waals surface area contributed by atoms with E-state index in [1.807, 2.05) is 6.07 Å². The molecule has 1 aliphatic heterocycles. The summed E-state index contributed by atoms with van der Waals surface area (Å²) < 4.78 is 0. The van der Waals surface area contributed by atoms with Crippen molar-refractivity contribution in [2.75, 3.05) is 18.0 Å². The molecule has 3 heteroatoms. The SMILES string of the molecule is CCNC(C)c1ccc(N2CCCCC2CC)cc1O. The van der Waals surface area contributed by atoms with Crippen LogP contribution >= 0.6 is 0 Å². The molecule has 112 valence electrons. The van der Waals surface area contributed by atoms with Gasteiger partial charge in [-0.1, -0.05) is 19.9 Å². The number of nitrogens with one attached hydrogen (secondary N) is 1. The van der Waals surface area contributed by atoms with Crippen LogP contribution in [0.2, 0.25) is 0 Å². The van der Waals surface area contributed by atoms with E-state index < -0.39 is 0 Å². The molecular weight excluding hydrogens is 248 g/mol. The molecule has 1 fully saturated rings. The second kappa shape index (κ2) is 6.98. The molecule has 3 nitrogen and oxygen atoms in total. The van der Waals surface area contributed by atoms with Crippen molar-refractivity contribution in [2.24, 2.45) is 0 Å². The average Bonchev–Trinajstić information content (AvgIpc) is 2.47. The first kappa shape index (κ1) is 15.2. The molecule has 2 atom stereocenters. The second-order valence-electron chi connectivity index (χ2n) is 5.77. The van der Waals surface area contributed by atoms with Gasteiger partial charge in [0.25, 0.3) is 0 Å². The summed E-state index contributed by atoms with van der Waals surface area (Å²) in [6, 6.07) is 6.99. The van der Waals surface area contributed by atoms with E-state index in [0.717, 1.165) is 18.7 Å². The van der Waals surface area contributed by atoms with Crippen molar-refractivity contribution < 1.29 is 5.11 Å². The van der Waals surface area contributed by atoms with Gasteiger partial charge in [-0.25, -0.2) is 0 Å². The molecule has 1 aliphatic rings. The van der Waals surface area contributed by atoms with Crippen LogP contribution in [0.4, 0.5) is 5.69 Å². The van der Waals surface area contributed by atoms with Crippen molar-refractivity contribution in [1.29, 1.82) is 0 Å². The van der Waals surface area contributed by atoms with E-state index in [9.17, 15) is 5.11 Å². The number of benzene rings is 1. The highest BCUT2D eigenvalue weighted by atomic mass is 16.3. The molecule has 1 aromatic rings. The molecule has 2 unspecified atom stereocenters. The molecule has 0 saturated carbocycles. The Hall–Kier alpha value is -1.22. The van der Waals surface area contributed by atoms with E-state index >= 15 is 0 Å². The number of phenols is 1. The van der Waals surface area contributed by atoms with Crippen LogP contribution in [-0.4, -0.2) is 24.2 Å². The zero-order valence-electron chi connectivity index (χ0n) is 13.0. The Morgan fingerprint density at radius 1 is 1.35 bits per heavy atom. The number of hydrogen-bond donors (Lipinski definition) is 2. The summed E-state index contributed by atoms with van der Waals surface area (Å²) in [6.45, 7) is 8.45. The highest BCUT2D eigenvalue weighted by Gasteiger charge is 2.22. The van der Waals surface area contributed by atoms with E-state index in [4.69, 9.17) is 0 Å². The summed E-state index contributed by atoms with van der Waals surface area (Å²) >= 11 is 0. The average molecular weight is 276 g/mol. The topological polar surface area (TPSA) is 35.5 Å². The first-order valence-corrected chi connectivity index (χ1v) is 8.00. The normalized spacial score (nSPS) is 20.9. The monoisotopic (exact) mass is 276 g/mol. The Morgan fingerprint density at radius 3 is 2.80 bits per heavy atom. The lowest BCUT2D eigenvalue weighted by Gasteiger charge is -2.37. The molecule has 0 spiro atoms. The van der Waals surface area contributed by atoms with Gasteiger partial charge in [0.05, 0.1) is 0 Å². The van der Waals surface area contributed by atoms with Gasteiger partial charge in [-0.2, -0.15) is 0 Å². The molecule has 1 saturated heterocycles. The molecule has 2 N–H and O–H groups in total. The largest absolute Gasteiger partial charge is 0.508 e. The lowest BCUT2D eigenvalue weighted by Crippen LogP contribution is -2.39. The van der Waals surface area contributed by atoms with E-state index in [1.165, 1.54) is 31.4 Å². The van der Waals surface area contributed by atoms with Gasteiger partial charge in [0, 0.05) is 35.9 Å². The van der Waals surface area contributed by atoms with Gasteiger partial charge in [-0.15, -0.1) is 0 Å². The standard InChI is InChI=1S/C17H28N2O/c1-4-14-8-6-7-11-19(14)15-9-10-16(17(20)12-15)13(3)18-5-2/h9-10,12-14,18,20H,4-8,11H2,1-3H3. The Bertz CT molecular complexity index is 433. The van der Waals surface area contributed by atoms with Gasteiger partial charge >= 0.3 is 0 Å². The van der Waals surface area contributed by atoms with Crippen molar-refractivity contribution >= 4 is 5.69 Å². The van der Waals surface area contributed by atoms with Crippen LogP contribution in [0.5, 0.6) is 5.75 Å². The van der Waals surface area contributed by atoms with Crippen molar-refractivity contribution in [3.05, 3.63) is 23.8 Å². The number of hydrogen-bond acceptors (Lipinski definition) is 3. The molecule has 2 rings (SSSR count). The summed E-state index contributed by atoms with van der Waals surface area (Å²) in [4.78, 5) is 2.46. The summed E-state index contributed by atoms with van der Waals surface area (Å²) in [5, 5.41) is 13.7. The highest BCUT2D eigenvalue weighted by molar-refractivity contribution is 5.55. The lowest BCUT2D eigenvalue weighted by atomic mass is 9.98. The first-order chi connectivity index (χ1) is 9.67. The van der Waals surface area contributed by atoms with Gasteiger partial charge in [0.2, 0.25) is 0 Å². The lowest BCUT2D eigenvalue weighted by molar-refractivity contribution is 0.442. The predicted octanol–water partition coefficient (Wildman–Crippen LogP) is 3.83. The van der Waals surface area contributed by atoms with Crippen molar-refractivity contribution in [2.45, 2.75) is 58.5 Å². The molecular formula is C17H28N2O. The predicted molar refractivity (Wildman–Crippen MR) is 85.5 cm³/mol. The number of phenolic OH excluding ortho intramolecular Hbond substituents is 1. The minimum Gasteiger partial charge on any atom is -0.508 e. The molecule has 1 heterocycles. The molecule has 0 aromatic heterocycles. The Morgan fingerprint density at radius 2 is 2.15 bits per heavy atom. The molecule has 20 heavy (non-hydrogen) atoms. The van der Waals surface area contributed by atoms with Crippen LogP contribution in [0.25, 0.3) is 0 Å². The van der Waals surface area contributed by atoms with E-state index in [2.05, 4.69) is 43.1 Å². The molecule has 0 amide bonds. The van der Waals surface area contributed by atoms with Gasteiger partial charge in [-0.05, 0) is 45.2 Å². The first-order valence-electron chi connectivity index (χ1n) is 8.00. The molecule has 0 bridgehead atoms. The Kier molecular flexibility index (Phi) is 5.30. The molecule has 1 aromatic carbocycles. The van der Waals surface area contributed by atoms with Crippen molar-refractivity contribution in [3.8, 4) is 5.75 Å². The maximum absolute atomic E-state index is 10.3. The summed E-state index contributed by atoms with van der Waals surface area (Å²) in [5.74, 6) is 0.413. The summed E-state index contributed by atoms with van der Waals surface area (Å²) in [5.41, 5.74) is 2.15. The number of rotatable bonds is 5. The zero-order valence-corrected chi connectivity index (χ0v) is 13.0. The van der Waals surface area contributed by atoms with Gasteiger partial charge < -0.3 is 15.3 Å². The van der Waals surface area contributed by atoms with Crippen molar-refractivity contribution in [1.82, 2.24) is 5.32 Å². The van der Waals surface area contributed by atoms with Crippen LogP contribution in [0.1, 0.15) is 58.1 Å². The van der Waals surface area contributed by atoms with Crippen LogP contribution in [0.3, 0.4) is 0 Å². The van der Waals surface area contributed by atoms with E-state index in [-0.39, 0.29) is 6.04 Å². The fourth-order valence-corrected chi connectivity index (χ4v) is 3.26. The van der Waals surface area contributed by atoms with Crippen LogP contribution in [0.15, 0.2) is 18.2 Å². The second-order valence-corrected chi connectivity index (χ2v) is 5.77. The number of aromatic hydroxyl groups is 1. The third-order valence-corrected chi connectivity index (χ3v) is 4.42. The van der Waals surface area contributed by atoms with Gasteiger partial charge in [0.15, 0.2) is 0 Å². The van der Waals surface area contributed by atoms with E-state index in [0.29, 0.717) is 11.8 Å². The molecule has 0 radical (unpaired) electrons. The minimum atomic E-state index is 0.192. The van der Waals surface area contributed by atoms with Gasteiger partial charge in [0.1, 0.15) is 5.75 Å². The Labute approximate surface area is 123 Å². The zero-order chi connectivity index (χ0) is 14.5. The van der Waals surface area contributed by atoms with Crippen molar-refractivity contribution in [3.63, 3.8) is 0 Å². The maximum Gasteiger partial charge on any atom is 0.122 e. The third-order valence-electron chi connectivity index (χ3n) is 4.42. The van der Waals surface area contributed by atoms with Crippen LogP contribution < -0.4 is 10.2 Å². The van der Waals surface area contributed by atoms with Crippen LogP contribution in [-0.2, 0) is 0 Å². The number of nitrogens with zero attached hydrogens (tertiary/aromatic N) is 1. The summed E-state index contributed by atoms with van der Waals surface area (Å²) in [7, 11) is 0. The fourth-order valence-electron chi connectivity index (χ4n) is 3.26. The van der Waals surface area contributed by atoms with Crippen LogP contribution in [0, 0.1) is 0 Å². The number of anilines is 1. The van der Waals surface area contributed by atoms with E-state index in [1.54, 1.807) is 0 Å². The Balaban J connectivity index is 2.19. The summed E-state index contributed by atoms with van der Waals surface area (Å²) in [6.07, 6.45) is 5.03. The molecule has 0 aliphatic carbocycles. The fraction of sp³-hybridized carbons (Fsp3) is 0.647.